The molecule has 5 heteroatoms. The van der Waals surface area contributed by atoms with Gasteiger partial charge in [-0.15, -0.1) is 0 Å². The van der Waals surface area contributed by atoms with Crippen LogP contribution in [0.25, 0.3) is 6.08 Å². The Morgan fingerprint density at radius 1 is 0.784 bits per heavy atom. The third-order valence-corrected chi connectivity index (χ3v) is 21.3. The SMILES string of the molecule is CCC[CH2][Sn](/[CH]=C/c1cc(OCCC)c(C2OCC(C)(C)CO2)cc1OCCC)([CH2]CCC)[CH2]CCC. The van der Waals surface area contributed by atoms with E-state index in [-0.39, 0.29) is 5.41 Å². The predicted molar refractivity (Wildman–Crippen MR) is 160 cm³/mol. The van der Waals surface area contributed by atoms with Gasteiger partial charge in [0.25, 0.3) is 0 Å². The molecular formula is C32H56O4Sn. The number of ether oxygens (including phenoxy) is 4. The van der Waals surface area contributed by atoms with Crippen molar-refractivity contribution < 1.29 is 18.9 Å². The summed E-state index contributed by atoms with van der Waals surface area (Å²) >= 11 is -2.43. The second-order valence-electron chi connectivity index (χ2n) is 11.7. The van der Waals surface area contributed by atoms with Crippen LogP contribution in [-0.4, -0.2) is 44.8 Å². The summed E-state index contributed by atoms with van der Waals surface area (Å²) in [7, 11) is 0. The third-order valence-electron chi connectivity index (χ3n) is 7.27. The molecule has 0 bridgehead atoms. The summed E-state index contributed by atoms with van der Waals surface area (Å²) in [6.07, 6.45) is 11.9. The van der Waals surface area contributed by atoms with Gasteiger partial charge in [-0.1, -0.05) is 0 Å². The van der Waals surface area contributed by atoms with Crippen molar-refractivity contribution in [2.45, 2.75) is 119 Å². The van der Waals surface area contributed by atoms with E-state index in [2.05, 4.69) is 70.8 Å². The molecule has 0 radical (unpaired) electrons. The van der Waals surface area contributed by atoms with Crippen molar-refractivity contribution in [1.29, 1.82) is 0 Å². The van der Waals surface area contributed by atoms with Gasteiger partial charge in [0, 0.05) is 0 Å². The molecule has 0 atom stereocenters. The van der Waals surface area contributed by atoms with Crippen LogP contribution in [0.3, 0.4) is 0 Å². The zero-order valence-electron chi connectivity index (χ0n) is 25.1. The van der Waals surface area contributed by atoms with Crippen molar-refractivity contribution in [2.75, 3.05) is 26.4 Å². The number of unbranched alkanes of at least 4 members (excludes halogenated alkanes) is 3. The number of rotatable bonds is 18. The summed E-state index contributed by atoms with van der Waals surface area (Å²) in [6, 6.07) is 4.32. The first kappa shape index (κ1) is 32.5. The van der Waals surface area contributed by atoms with Gasteiger partial charge < -0.3 is 0 Å². The molecule has 212 valence electrons. The van der Waals surface area contributed by atoms with Crippen LogP contribution in [0.4, 0.5) is 0 Å². The van der Waals surface area contributed by atoms with Crippen molar-refractivity contribution in [1.82, 2.24) is 0 Å². The summed E-state index contributed by atoms with van der Waals surface area (Å²) in [5.74, 6) is 1.79. The maximum atomic E-state index is 6.33. The summed E-state index contributed by atoms with van der Waals surface area (Å²) in [5, 5.41) is 0. The van der Waals surface area contributed by atoms with E-state index >= 15 is 0 Å². The molecule has 0 N–H and O–H groups in total. The van der Waals surface area contributed by atoms with E-state index in [0.29, 0.717) is 26.4 Å². The molecule has 1 fully saturated rings. The molecule has 0 unspecified atom stereocenters. The van der Waals surface area contributed by atoms with Crippen molar-refractivity contribution in [3.8, 4) is 11.5 Å². The van der Waals surface area contributed by atoms with Gasteiger partial charge in [-0.3, -0.25) is 0 Å². The normalized spacial score (nSPS) is 16.4. The minimum atomic E-state index is -2.43. The standard InChI is InChI=1S/C20H29O4.3C4H9.Sn/c1-6-9-21-17-12-16(19-23-13-20(4,5)14-24-19)18(22-10-7-2)11-15(17)8-3;3*1-3-4-2;/h3,8,11-12,19H,6-7,9-10,13-14H2,1-2,4-5H3;3*1,3-4H2,2H3;. The Balaban J connectivity index is 2.50. The molecule has 37 heavy (non-hydrogen) atoms. The zero-order chi connectivity index (χ0) is 27.2. The fourth-order valence-corrected chi connectivity index (χ4v) is 19.1. The second-order valence-corrected chi connectivity index (χ2v) is 24.8. The van der Waals surface area contributed by atoms with Crippen LogP contribution in [0.2, 0.25) is 13.3 Å². The first-order chi connectivity index (χ1) is 17.8. The van der Waals surface area contributed by atoms with Crippen molar-refractivity contribution >= 4 is 24.5 Å². The van der Waals surface area contributed by atoms with Gasteiger partial charge in [0.15, 0.2) is 0 Å². The molecule has 1 aromatic rings. The van der Waals surface area contributed by atoms with Crippen LogP contribution < -0.4 is 9.47 Å². The molecule has 1 aliphatic heterocycles. The van der Waals surface area contributed by atoms with Gasteiger partial charge in [0.1, 0.15) is 0 Å². The van der Waals surface area contributed by atoms with Crippen LogP contribution >= 0.6 is 0 Å². The molecule has 0 amide bonds. The van der Waals surface area contributed by atoms with E-state index < -0.39 is 24.7 Å². The molecule has 0 spiro atoms. The summed E-state index contributed by atoms with van der Waals surface area (Å²) < 4.78 is 32.1. The molecule has 4 nitrogen and oxygen atoms in total. The quantitative estimate of drug-likeness (QED) is 0.153. The van der Waals surface area contributed by atoms with Gasteiger partial charge in [0.2, 0.25) is 0 Å². The molecule has 1 aromatic carbocycles. The first-order valence-corrected chi connectivity index (χ1v) is 22.9. The van der Waals surface area contributed by atoms with E-state index in [0.717, 1.165) is 35.5 Å². The molecule has 0 aliphatic carbocycles. The second kappa shape index (κ2) is 17.1. The first-order valence-electron chi connectivity index (χ1n) is 15.2. The molecule has 1 aliphatic rings. The van der Waals surface area contributed by atoms with Crippen LogP contribution in [-0.2, 0) is 9.47 Å². The predicted octanol–water partition coefficient (Wildman–Crippen LogP) is 9.74. The Kier molecular flexibility index (Phi) is 15.0. The van der Waals surface area contributed by atoms with E-state index in [1.165, 1.54) is 51.8 Å². The molecule has 0 aromatic heterocycles. The van der Waals surface area contributed by atoms with Gasteiger partial charge in [-0.2, -0.15) is 0 Å². The van der Waals surface area contributed by atoms with Gasteiger partial charge in [-0.05, 0) is 0 Å². The van der Waals surface area contributed by atoms with Crippen LogP contribution in [0.5, 0.6) is 11.5 Å². The van der Waals surface area contributed by atoms with E-state index in [9.17, 15) is 0 Å². The summed E-state index contributed by atoms with van der Waals surface area (Å²) in [4.78, 5) is 0. The van der Waals surface area contributed by atoms with E-state index in [1.807, 2.05) is 0 Å². The summed E-state index contributed by atoms with van der Waals surface area (Å²) in [5.41, 5.74) is 2.12. The van der Waals surface area contributed by atoms with Gasteiger partial charge in [-0.25, -0.2) is 0 Å². The average Bonchev–Trinajstić information content (AvgIpc) is 2.90. The third kappa shape index (κ3) is 10.8. The fraction of sp³-hybridized carbons (Fsp3) is 0.750. The fourth-order valence-electron chi connectivity index (χ4n) is 4.93. The molecule has 1 saturated heterocycles. The molecular weight excluding hydrogens is 567 g/mol. The Morgan fingerprint density at radius 3 is 1.78 bits per heavy atom. The molecule has 1 heterocycles. The topological polar surface area (TPSA) is 36.9 Å². The van der Waals surface area contributed by atoms with Crippen molar-refractivity contribution in [2.24, 2.45) is 5.41 Å². The van der Waals surface area contributed by atoms with Crippen molar-refractivity contribution in [3.63, 3.8) is 0 Å². The average molecular weight is 624 g/mol. The van der Waals surface area contributed by atoms with Crippen LogP contribution in [0, 0.1) is 5.41 Å². The van der Waals surface area contributed by atoms with Crippen molar-refractivity contribution in [3.05, 3.63) is 27.4 Å². The van der Waals surface area contributed by atoms with Crippen LogP contribution in [0.15, 0.2) is 16.2 Å². The van der Waals surface area contributed by atoms with Gasteiger partial charge >= 0.3 is 234 Å². The Hall–Kier alpha value is -0.721. The number of benzene rings is 1. The maximum absolute atomic E-state index is 6.33. The van der Waals surface area contributed by atoms with Gasteiger partial charge in [0.05, 0.1) is 0 Å². The van der Waals surface area contributed by atoms with E-state index in [1.54, 1.807) is 0 Å². The minimum absolute atomic E-state index is 0.0248. The Morgan fingerprint density at radius 2 is 1.30 bits per heavy atom. The zero-order valence-corrected chi connectivity index (χ0v) is 28.0. The molecule has 0 saturated carbocycles. The summed E-state index contributed by atoms with van der Waals surface area (Å²) in [6.45, 7) is 18.4. The van der Waals surface area contributed by atoms with E-state index in [4.69, 9.17) is 18.9 Å². The van der Waals surface area contributed by atoms with Crippen LogP contribution in [0.1, 0.15) is 117 Å². The molecule has 2 rings (SSSR count). The number of hydrogen-bond acceptors (Lipinski definition) is 4. The monoisotopic (exact) mass is 624 g/mol. The number of hydrogen-bond donors (Lipinski definition) is 0. The Labute approximate surface area is 232 Å². The Bertz CT molecular complexity index is 772.